The van der Waals surface area contributed by atoms with E-state index < -0.39 is 10.0 Å². The summed E-state index contributed by atoms with van der Waals surface area (Å²) in [6, 6.07) is 4.33. The molecular formula is C13H16N4O3S. The van der Waals surface area contributed by atoms with E-state index in [2.05, 4.69) is 10.4 Å². The van der Waals surface area contributed by atoms with Crippen molar-refractivity contribution in [2.75, 3.05) is 5.32 Å². The van der Waals surface area contributed by atoms with Gasteiger partial charge in [0.25, 0.3) is 5.91 Å². The second-order valence-electron chi connectivity index (χ2n) is 4.78. The van der Waals surface area contributed by atoms with Gasteiger partial charge in [-0.05, 0) is 31.5 Å². The minimum Gasteiger partial charge on any atom is -0.322 e. The van der Waals surface area contributed by atoms with Crippen molar-refractivity contribution in [3.63, 3.8) is 0 Å². The highest BCUT2D eigenvalue weighted by Crippen LogP contribution is 2.20. The summed E-state index contributed by atoms with van der Waals surface area (Å²) in [6.45, 7) is 3.49. The number of amides is 1. The molecule has 0 bridgehead atoms. The van der Waals surface area contributed by atoms with Gasteiger partial charge in [0.2, 0.25) is 10.0 Å². The topological polar surface area (TPSA) is 107 Å². The van der Waals surface area contributed by atoms with E-state index in [0.29, 0.717) is 16.9 Å². The number of sulfonamides is 1. The molecule has 0 spiro atoms. The van der Waals surface area contributed by atoms with E-state index >= 15 is 0 Å². The minimum absolute atomic E-state index is 0.0497. The zero-order chi connectivity index (χ0) is 15.8. The molecule has 1 heterocycles. The van der Waals surface area contributed by atoms with E-state index in [1.54, 1.807) is 33.2 Å². The molecule has 0 radical (unpaired) electrons. The van der Waals surface area contributed by atoms with Crippen LogP contribution in [0, 0.1) is 13.8 Å². The van der Waals surface area contributed by atoms with Crippen LogP contribution < -0.4 is 10.5 Å². The Bertz CT molecular complexity index is 809. The fraction of sp³-hybridized carbons (Fsp3) is 0.231. The quantitative estimate of drug-likeness (QED) is 0.879. The molecule has 0 saturated carbocycles. The molecule has 0 unspecified atom stereocenters. The van der Waals surface area contributed by atoms with Gasteiger partial charge >= 0.3 is 0 Å². The van der Waals surface area contributed by atoms with E-state index in [0.717, 1.165) is 5.56 Å². The van der Waals surface area contributed by atoms with Crippen molar-refractivity contribution in [2.45, 2.75) is 18.7 Å². The average molecular weight is 308 g/mol. The van der Waals surface area contributed by atoms with Crippen LogP contribution in [-0.4, -0.2) is 24.1 Å². The standard InChI is InChI=1S/C13H16N4O3S/c1-8-4-5-10(21(14,19)20)6-12(8)15-13(18)11-7-17(3)16-9(11)2/h4-7H,1-3H3,(H,15,18)(H2,14,19,20). The summed E-state index contributed by atoms with van der Waals surface area (Å²) in [5.41, 5.74) is 2.15. The van der Waals surface area contributed by atoms with E-state index in [4.69, 9.17) is 5.14 Å². The highest BCUT2D eigenvalue weighted by atomic mass is 32.2. The van der Waals surface area contributed by atoms with Gasteiger partial charge in [-0.2, -0.15) is 5.10 Å². The van der Waals surface area contributed by atoms with Crippen LogP contribution in [-0.2, 0) is 17.1 Å². The van der Waals surface area contributed by atoms with Crippen molar-refractivity contribution in [3.8, 4) is 0 Å². The maximum absolute atomic E-state index is 12.2. The summed E-state index contributed by atoms with van der Waals surface area (Å²) in [5.74, 6) is -0.352. The number of benzene rings is 1. The second kappa shape index (κ2) is 5.30. The lowest BCUT2D eigenvalue weighted by Gasteiger charge is -2.09. The first kappa shape index (κ1) is 15.2. The molecule has 3 N–H and O–H groups in total. The van der Waals surface area contributed by atoms with Crippen molar-refractivity contribution in [3.05, 3.63) is 41.2 Å². The molecule has 0 saturated heterocycles. The molecule has 2 rings (SSSR count). The zero-order valence-electron chi connectivity index (χ0n) is 11.9. The van der Waals surface area contributed by atoms with Crippen LogP contribution in [0.5, 0.6) is 0 Å². The number of nitrogens with one attached hydrogen (secondary N) is 1. The Morgan fingerprint density at radius 3 is 2.52 bits per heavy atom. The molecule has 1 aromatic heterocycles. The number of nitrogens with two attached hydrogens (primary N) is 1. The summed E-state index contributed by atoms with van der Waals surface area (Å²) < 4.78 is 24.3. The van der Waals surface area contributed by atoms with Crippen molar-refractivity contribution in [1.29, 1.82) is 0 Å². The van der Waals surface area contributed by atoms with Crippen molar-refractivity contribution in [1.82, 2.24) is 9.78 Å². The third kappa shape index (κ3) is 3.29. The van der Waals surface area contributed by atoms with Crippen molar-refractivity contribution < 1.29 is 13.2 Å². The lowest BCUT2D eigenvalue weighted by Crippen LogP contribution is -2.16. The van der Waals surface area contributed by atoms with E-state index in [-0.39, 0.29) is 10.8 Å². The van der Waals surface area contributed by atoms with Gasteiger partial charge in [-0.1, -0.05) is 6.07 Å². The summed E-state index contributed by atoms with van der Waals surface area (Å²) >= 11 is 0. The van der Waals surface area contributed by atoms with Gasteiger partial charge in [0.05, 0.1) is 16.2 Å². The van der Waals surface area contributed by atoms with Crippen LogP contribution in [0.1, 0.15) is 21.6 Å². The van der Waals surface area contributed by atoms with E-state index in [1.165, 1.54) is 16.8 Å². The lowest BCUT2D eigenvalue weighted by atomic mass is 10.2. The van der Waals surface area contributed by atoms with Crippen LogP contribution in [0.2, 0.25) is 0 Å². The Hall–Kier alpha value is -2.19. The highest BCUT2D eigenvalue weighted by Gasteiger charge is 2.15. The van der Waals surface area contributed by atoms with Gasteiger partial charge in [-0.15, -0.1) is 0 Å². The lowest BCUT2D eigenvalue weighted by molar-refractivity contribution is 0.102. The van der Waals surface area contributed by atoms with Crippen LogP contribution >= 0.6 is 0 Å². The molecule has 8 heteroatoms. The van der Waals surface area contributed by atoms with E-state index in [1.807, 2.05) is 0 Å². The molecule has 0 aliphatic carbocycles. The molecule has 21 heavy (non-hydrogen) atoms. The maximum atomic E-state index is 12.2. The number of carbonyl (C=O) groups excluding carboxylic acids is 1. The molecule has 0 aliphatic rings. The minimum atomic E-state index is -3.81. The third-order valence-corrected chi connectivity index (χ3v) is 3.95. The third-order valence-electron chi connectivity index (χ3n) is 3.04. The number of nitrogens with zero attached hydrogens (tertiary/aromatic N) is 2. The fourth-order valence-corrected chi connectivity index (χ4v) is 2.46. The number of hydrogen-bond acceptors (Lipinski definition) is 4. The molecule has 0 atom stereocenters. The average Bonchev–Trinajstić information content (AvgIpc) is 2.70. The van der Waals surface area contributed by atoms with E-state index in [9.17, 15) is 13.2 Å². The monoisotopic (exact) mass is 308 g/mol. The smallest absolute Gasteiger partial charge is 0.259 e. The van der Waals surface area contributed by atoms with Gasteiger partial charge in [-0.25, -0.2) is 13.6 Å². The molecule has 7 nitrogen and oxygen atoms in total. The van der Waals surface area contributed by atoms with Crippen LogP contribution in [0.15, 0.2) is 29.3 Å². The number of aromatic nitrogens is 2. The van der Waals surface area contributed by atoms with Crippen LogP contribution in [0.25, 0.3) is 0 Å². The first-order valence-corrected chi connectivity index (χ1v) is 7.68. The SMILES string of the molecule is Cc1ccc(S(N)(=O)=O)cc1NC(=O)c1cn(C)nc1C. The number of rotatable bonds is 3. The van der Waals surface area contributed by atoms with Gasteiger partial charge in [0, 0.05) is 18.9 Å². The van der Waals surface area contributed by atoms with Gasteiger partial charge < -0.3 is 5.32 Å². The Labute approximate surface area is 122 Å². The normalized spacial score (nSPS) is 11.4. The fourth-order valence-electron chi connectivity index (χ4n) is 1.92. The number of hydrogen-bond donors (Lipinski definition) is 2. The Kier molecular flexibility index (Phi) is 3.84. The molecule has 2 aromatic rings. The molecule has 112 valence electrons. The zero-order valence-corrected chi connectivity index (χ0v) is 12.7. The van der Waals surface area contributed by atoms with Crippen molar-refractivity contribution >= 4 is 21.6 Å². The predicted molar refractivity (Wildman–Crippen MR) is 78.5 cm³/mol. The summed E-state index contributed by atoms with van der Waals surface area (Å²) in [4.78, 5) is 12.2. The van der Waals surface area contributed by atoms with Crippen LogP contribution in [0.3, 0.4) is 0 Å². The molecule has 1 amide bonds. The number of carbonyl (C=O) groups is 1. The predicted octanol–water partition coefficient (Wildman–Crippen LogP) is 0.937. The summed E-state index contributed by atoms with van der Waals surface area (Å²) in [7, 11) is -2.10. The Morgan fingerprint density at radius 1 is 1.33 bits per heavy atom. The van der Waals surface area contributed by atoms with Crippen LogP contribution in [0.4, 0.5) is 5.69 Å². The Morgan fingerprint density at radius 2 is 2.00 bits per heavy atom. The molecule has 1 aromatic carbocycles. The number of aryl methyl sites for hydroxylation is 3. The largest absolute Gasteiger partial charge is 0.322 e. The van der Waals surface area contributed by atoms with Gasteiger partial charge in [0.15, 0.2) is 0 Å². The first-order chi connectivity index (χ1) is 9.68. The maximum Gasteiger partial charge on any atom is 0.259 e. The first-order valence-electron chi connectivity index (χ1n) is 6.13. The Balaban J connectivity index is 2.35. The van der Waals surface area contributed by atoms with Crippen molar-refractivity contribution in [2.24, 2.45) is 12.2 Å². The summed E-state index contributed by atoms with van der Waals surface area (Å²) in [6.07, 6.45) is 1.60. The number of primary sulfonamides is 1. The highest BCUT2D eigenvalue weighted by molar-refractivity contribution is 7.89. The molecule has 0 fully saturated rings. The number of anilines is 1. The summed E-state index contributed by atoms with van der Waals surface area (Å²) in [5, 5.41) is 11.9. The van der Waals surface area contributed by atoms with Gasteiger partial charge in [-0.3, -0.25) is 9.48 Å². The second-order valence-corrected chi connectivity index (χ2v) is 6.34. The molecule has 0 aliphatic heterocycles. The van der Waals surface area contributed by atoms with Gasteiger partial charge in [0.1, 0.15) is 0 Å². The molecular weight excluding hydrogens is 292 g/mol.